The normalized spacial score (nSPS) is 30.0. The van der Waals surface area contributed by atoms with Gasteiger partial charge in [-0.2, -0.15) is 0 Å². The third kappa shape index (κ3) is 5.02. The molecule has 0 aromatic heterocycles. The van der Waals surface area contributed by atoms with Crippen LogP contribution in [0.4, 0.5) is 0 Å². The van der Waals surface area contributed by atoms with Crippen LogP contribution in [0.15, 0.2) is 0 Å². The topological polar surface area (TPSA) is 81.0 Å². The third-order valence-electron chi connectivity index (χ3n) is 4.44. The lowest BCUT2D eigenvalue weighted by Crippen LogP contribution is -2.42. The molecule has 21 heavy (non-hydrogen) atoms. The molecular weight excluding hydrogens is 270 g/mol. The molecule has 5 heteroatoms. The predicted octanol–water partition coefficient (Wildman–Crippen LogP) is 1.09. The summed E-state index contributed by atoms with van der Waals surface area (Å²) in [6, 6.07) is -0.821. The van der Waals surface area contributed by atoms with Crippen LogP contribution in [0.5, 0.6) is 0 Å². The number of hydrogen-bond donors (Lipinski definition) is 3. The maximum atomic E-state index is 12.1. The highest BCUT2D eigenvalue weighted by Crippen LogP contribution is 2.28. The monoisotopic (exact) mass is 301 g/mol. The molecule has 1 aliphatic rings. The summed E-state index contributed by atoms with van der Waals surface area (Å²) < 4.78 is 0. The van der Waals surface area contributed by atoms with E-state index in [0.717, 1.165) is 32.1 Å². The van der Waals surface area contributed by atoms with Gasteiger partial charge in [-0.1, -0.05) is 33.1 Å². The molecule has 1 rings (SSSR count). The lowest BCUT2D eigenvalue weighted by Gasteiger charge is -2.29. The highest BCUT2D eigenvalue weighted by molar-refractivity contribution is 5.79. The molecule has 5 nitrogen and oxygen atoms in total. The molecule has 0 aromatic carbocycles. The number of aliphatic hydroxyl groups excluding tert-OH is 3. The zero-order chi connectivity index (χ0) is 15.8. The predicted molar refractivity (Wildman–Crippen MR) is 82.1 cm³/mol. The van der Waals surface area contributed by atoms with Crippen molar-refractivity contribution in [1.29, 1.82) is 0 Å². The fourth-order valence-corrected chi connectivity index (χ4v) is 3.12. The quantitative estimate of drug-likeness (QED) is 0.526. The summed E-state index contributed by atoms with van der Waals surface area (Å²) in [4.78, 5) is 14.0. The number of unbranched alkanes of at least 4 members (excludes halogenated alkanes) is 3. The summed E-state index contributed by atoms with van der Waals surface area (Å²) in [5.74, 6) is 0.139. The van der Waals surface area contributed by atoms with Crippen LogP contribution in [0.1, 0.15) is 58.8 Å². The van der Waals surface area contributed by atoms with E-state index in [9.17, 15) is 20.1 Å². The molecule has 3 N–H and O–H groups in total. The van der Waals surface area contributed by atoms with Gasteiger partial charge >= 0.3 is 0 Å². The number of ketones is 1. The van der Waals surface area contributed by atoms with Crippen LogP contribution < -0.4 is 0 Å². The summed E-state index contributed by atoms with van der Waals surface area (Å²) in [6.07, 6.45) is 3.82. The Kier molecular flexibility index (Phi) is 8.41. The van der Waals surface area contributed by atoms with Crippen LogP contribution in [0, 0.1) is 0 Å². The Balaban J connectivity index is 2.64. The zero-order valence-electron chi connectivity index (χ0n) is 13.4. The second-order valence-electron chi connectivity index (χ2n) is 6.09. The molecule has 0 radical (unpaired) electrons. The van der Waals surface area contributed by atoms with E-state index in [1.165, 1.54) is 0 Å². The van der Waals surface area contributed by atoms with E-state index in [1.807, 2.05) is 4.90 Å². The van der Waals surface area contributed by atoms with Gasteiger partial charge in [0.2, 0.25) is 0 Å². The maximum absolute atomic E-state index is 12.1. The molecule has 1 fully saturated rings. The number of carbonyl (C=O) groups excluding carboxylic acids is 1. The van der Waals surface area contributed by atoms with E-state index in [4.69, 9.17) is 0 Å². The van der Waals surface area contributed by atoms with Crippen molar-refractivity contribution in [3.05, 3.63) is 0 Å². The van der Waals surface area contributed by atoms with Gasteiger partial charge in [0.25, 0.3) is 0 Å². The minimum atomic E-state index is -0.972. The van der Waals surface area contributed by atoms with E-state index < -0.39 is 18.2 Å². The number of carbonyl (C=O) groups is 1. The molecule has 1 heterocycles. The van der Waals surface area contributed by atoms with Gasteiger partial charge in [0.05, 0.1) is 24.9 Å². The first kappa shape index (κ1) is 18.6. The molecule has 0 bridgehead atoms. The van der Waals surface area contributed by atoms with E-state index in [0.29, 0.717) is 13.0 Å². The highest BCUT2D eigenvalue weighted by Gasteiger charge is 2.47. The zero-order valence-corrected chi connectivity index (χ0v) is 13.4. The summed E-state index contributed by atoms with van der Waals surface area (Å²) in [5.41, 5.74) is 0. The first-order chi connectivity index (χ1) is 10.1. The number of rotatable bonds is 10. The molecule has 0 saturated carbocycles. The first-order valence-corrected chi connectivity index (χ1v) is 8.31. The minimum absolute atomic E-state index is 0.139. The second kappa shape index (κ2) is 9.51. The Morgan fingerprint density at radius 1 is 1.00 bits per heavy atom. The van der Waals surface area contributed by atoms with E-state index in [1.54, 1.807) is 0 Å². The van der Waals surface area contributed by atoms with Crippen LogP contribution in [0.3, 0.4) is 0 Å². The number of Topliss-reactive ketones (excluding diaryl/α,β-unsaturated/α-hetero) is 1. The third-order valence-corrected chi connectivity index (χ3v) is 4.44. The van der Waals surface area contributed by atoms with Crippen molar-refractivity contribution in [3.63, 3.8) is 0 Å². The van der Waals surface area contributed by atoms with Gasteiger partial charge in [0.15, 0.2) is 0 Å². The SMILES string of the molecule is CCCCCC(=O)C[C@@H]1[C@H](O)[C@H](O)[C@@H](CO)N1CCCC. The van der Waals surface area contributed by atoms with Crippen LogP contribution in [-0.2, 0) is 4.79 Å². The van der Waals surface area contributed by atoms with Gasteiger partial charge in [-0.3, -0.25) is 9.69 Å². The van der Waals surface area contributed by atoms with Gasteiger partial charge in [-0.25, -0.2) is 0 Å². The van der Waals surface area contributed by atoms with E-state index in [-0.39, 0.29) is 24.9 Å². The van der Waals surface area contributed by atoms with E-state index in [2.05, 4.69) is 13.8 Å². The van der Waals surface area contributed by atoms with Crippen LogP contribution >= 0.6 is 0 Å². The summed E-state index contributed by atoms with van der Waals surface area (Å²) >= 11 is 0. The fraction of sp³-hybridized carbons (Fsp3) is 0.938. The Labute approximate surface area is 128 Å². The lowest BCUT2D eigenvalue weighted by atomic mass is 10.0. The molecule has 0 amide bonds. The Bertz CT molecular complexity index is 311. The van der Waals surface area contributed by atoms with Gasteiger partial charge in [0, 0.05) is 18.9 Å². The van der Waals surface area contributed by atoms with Crippen molar-refractivity contribution in [3.8, 4) is 0 Å². The van der Waals surface area contributed by atoms with Gasteiger partial charge in [-0.05, 0) is 19.4 Å². The van der Waals surface area contributed by atoms with Crippen LogP contribution in [-0.4, -0.2) is 63.4 Å². The Morgan fingerprint density at radius 3 is 2.19 bits per heavy atom. The van der Waals surface area contributed by atoms with Crippen molar-refractivity contribution >= 4 is 5.78 Å². The van der Waals surface area contributed by atoms with Gasteiger partial charge in [0.1, 0.15) is 5.78 Å². The molecule has 0 unspecified atom stereocenters. The molecule has 0 aromatic rings. The first-order valence-electron chi connectivity index (χ1n) is 8.31. The molecule has 1 saturated heterocycles. The number of nitrogens with zero attached hydrogens (tertiary/aromatic N) is 1. The van der Waals surface area contributed by atoms with Gasteiger partial charge in [-0.15, -0.1) is 0 Å². The second-order valence-corrected chi connectivity index (χ2v) is 6.09. The summed E-state index contributed by atoms with van der Waals surface area (Å²) in [6.45, 7) is 4.67. The Morgan fingerprint density at radius 2 is 1.62 bits per heavy atom. The molecule has 1 aliphatic heterocycles. The summed E-state index contributed by atoms with van der Waals surface area (Å²) in [7, 11) is 0. The molecular formula is C16H31NO4. The van der Waals surface area contributed by atoms with Crippen LogP contribution in [0.25, 0.3) is 0 Å². The number of likely N-dealkylation sites (tertiary alicyclic amines) is 1. The molecule has 4 atom stereocenters. The average molecular weight is 301 g/mol. The Hall–Kier alpha value is -0.490. The van der Waals surface area contributed by atoms with Gasteiger partial charge < -0.3 is 15.3 Å². The lowest BCUT2D eigenvalue weighted by molar-refractivity contribution is -0.121. The van der Waals surface area contributed by atoms with Crippen molar-refractivity contribution in [1.82, 2.24) is 4.90 Å². The van der Waals surface area contributed by atoms with Crippen molar-refractivity contribution in [2.75, 3.05) is 13.2 Å². The van der Waals surface area contributed by atoms with Crippen molar-refractivity contribution in [2.24, 2.45) is 0 Å². The number of aliphatic hydroxyl groups is 3. The van der Waals surface area contributed by atoms with E-state index >= 15 is 0 Å². The van der Waals surface area contributed by atoms with Crippen molar-refractivity contribution in [2.45, 2.75) is 83.1 Å². The summed E-state index contributed by atoms with van der Waals surface area (Å²) in [5, 5.41) is 29.7. The fourth-order valence-electron chi connectivity index (χ4n) is 3.12. The van der Waals surface area contributed by atoms with Crippen molar-refractivity contribution < 1.29 is 20.1 Å². The maximum Gasteiger partial charge on any atom is 0.134 e. The van der Waals surface area contributed by atoms with Crippen LogP contribution in [0.2, 0.25) is 0 Å². The molecule has 124 valence electrons. The molecule has 0 spiro atoms. The largest absolute Gasteiger partial charge is 0.395 e. The standard InChI is InChI=1S/C16H31NO4/c1-3-5-7-8-12(19)10-13-15(20)16(21)14(11-18)17(13)9-6-4-2/h13-16,18,20-21H,3-11H2,1-2H3/t13-,14-,15+,16-/m1/s1. The highest BCUT2D eigenvalue weighted by atomic mass is 16.3. The average Bonchev–Trinajstić information content (AvgIpc) is 2.69. The number of hydrogen-bond acceptors (Lipinski definition) is 5. The minimum Gasteiger partial charge on any atom is -0.395 e. The smallest absolute Gasteiger partial charge is 0.134 e. The molecule has 0 aliphatic carbocycles.